The van der Waals surface area contributed by atoms with Gasteiger partial charge in [0, 0.05) is 0 Å². The highest BCUT2D eigenvalue weighted by molar-refractivity contribution is 5.82. The lowest BCUT2D eigenvalue weighted by Crippen LogP contribution is -2.36. The van der Waals surface area contributed by atoms with Crippen LogP contribution in [0.1, 0.15) is 6.92 Å². The Kier molecular flexibility index (Phi) is 4.50. The van der Waals surface area contributed by atoms with Crippen molar-refractivity contribution in [3.63, 3.8) is 0 Å². The number of esters is 2. The molecule has 1 aliphatic rings. The third-order valence-electron chi connectivity index (χ3n) is 1.95. The average Bonchev–Trinajstić information content (AvgIpc) is 2.62. The number of amides is 1. The van der Waals surface area contributed by atoms with E-state index in [1.54, 1.807) is 0 Å². The summed E-state index contributed by atoms with van der Waals surface area (Å²) in [7, 11) is 0. The van der Waals surface area contributed by atoms with Crippen molar-refractivity contribution in [1.29, 1.82) is 0 Å². The summed E-state index contributed by atoms with van der Waals surface area (Å²) in [5.74, 6) is -1.19. The van der Waals surface area contributed by atoms with Gasteiger partial charge in [0.25, 0.3) is 0 Å². The molecule has 0 aromatic heterocycles. The molecule has 0 spiro atoms. The van der Waals surface area contributed by atoms with Crippen LogP contribution in [-0.2, 0) is 23.8 Å². The van der Waals surface area contributed by atoms with Crippen molar-refractivity contribution in [2.45, 2.75) is 13.2 Å². The molecule has 0 bridgehead atoms. The summed E-state index contributed by atoms with van der Waals surface area (Å²) in [4.78, 5) is 34.4. The minimum atomic E-state index is -0.793. The highest BCUT2D eigenvalue weighted by Crippen LogP contribution is 2.11. The van der Waals surface area contributed by atoms with Crippen LogP contribution < -0.4 is 0 Å². The van der Waals surface area contributed by atoms with Gasteiger partial charge in [0.1, 0.15) is 13.2 Å². The molecule has 0 aromatic carbocycles. The number of carbonyl (C=O) groups is 3. The SMILES string of the molecule is C=CCOC(=O)COC(=O)N1CC(=O)OC1C. The fourth-order valence-corrected chi connectivity index (χ4v) is 1.17. The topological polar surface area (TPSA) is 82.1 Å². The van der Waals surface area contributed by atoms with Crippen LogP contribution >= 0.6 is 0 Å². The molecular weight excluding hydrogens is 230 g/mol. The first-order chi connectivity index (χ1) is 8.04. The Bertz CT molecular complexity index is 340. The maximum atomic E-state index is 11.4. The van der Waals surface area contributed by atoms with Crippen LogP contribution in [0.2, 0.25) is 0 Å². The largest absolute Gasteiger partial charge is 0.459 e. The first-order valence-electron chi connectivity index (χ1n) is 4.94. The van der Waals surface area contributed by atoms with Crippen molar-refractivity contribution in [2.24, 2.45) is 0 Å². The summed E-state index contributed by atoms with van der Waals surface area (Å²) in [5.41, 5.74) is 0. The lowest BCUT2D eigenvalue weighted by Gasteiger charge is -2.17. The van der Waals surface area contributed by atoms with E-state index in [0.717, 1.165) is 4.90 Å². The molecule has 0 N–H and O–H groups in total. The molecule has 0 aromatic rings. The smallest absolute Gasteiger partial charge is 0.413 e. The van der Waals surface area contributed by atoms with Crippen molar-refractivity contribution in [3.8, 4) is 0 Å². The van der Waals surface area contributed by atoms with Gasteiger partial charge in [0.2, 0.25) is 0 Å². The van der Waals surface area contributed by atoms with Gasteiger partial charge in [-0.3, -0.25) is 9.69 Å². The van der Waals surface area contributed by atoms with Crippen LogP contribution in [0, 0.1) is 0 Å². The van der Waals surface area contributed by atoms with Gasteiger partial charge in [-0.25, -0.2) is 9.59 Å². The molecule has 1 unspecified atom stereocenters. The molecule has 1 saturated heterocycles. The molecular formula is C10H13NO6. The molecule has 94 valence electrons. The molecule has 7 nitrogen and oxygen atoms in total. The van der Waals surface area contributed by atoms with E-state index in [4.69, 9.17) is 4.74 Å². The Balaban J connectivity index is 2.32. The zero-order chi connectivity index (χ0) is 12.8. The van der Waals surface area contributed by atoms with Gasteiger partial charge in [-0.05, 0) is 6.92 Å². The van der Waals surface area contributed by atoms with E-state index in [9.17, 15) is 14.4 Å². The Labute approximate surface area is 97.9 Å². The lowest BCUT2D eigenvalue weighted by atomic mass is 10.5. The number of ether oxygens (including phenoxy) is 3. The van der Waals surface area contributed by atoms with Crippen molar-refractivity contribution in [2.75, 3.05) is 19.8 Å². The second-order valence-corrected chi connectivity index (χ2v) is 3.24. The van der Waals surface area contributed by atoms with E-state index in [1.165, 1.54) is 13.0 Å². The molecule has 0 radical (unpaired) electrons. The standard InChI is InChI=1S/C10H13NO6/c1-3-4-15-9(13)6-16-10(14)11-5-8(12)17-7(11)2/h3,7H,1,4-6H2,2H3. The molecule has 1 rings (SSSR count). The quantitative estimate of drug-likeness (QED) is 0.394. The van der Waals surface area contributed by atoms with E-state index >= 15 is 0 Å². The van der Waals surface area contributed by atoms with E-state index in [0.29, 0.717) is 0 Å². The summed E-state index contributed by atoms with van der Waals surface area (Å²) in [6.07, 6.45) is -0.0764. The predicted octanol–water partition coefficient (Wildman–Crippen LogP) is 0.0570. The second-order valence-electron chi connectivity index (χ2n) is 3.24. The van der Waals surface area contributed by atoms with E-state index in [1.807, 2.05) is 0 Å². The molecule has 7 heteroatoms. The normalized spacial score (nSPS) is 18.5. The minimum absolute atomic E-state index is 0.0537. The number of rotatable bonds is 4. The van der Waals surface area contributed by atoms with Gasteiger partial charge in [-0.1, -0.05) is 12.7 Å². The molecule has 0 saturated carbocycles. The number of nitrogens with zero attached hydrogens (tertiary/aromatic N) is 1. The van der Waals surface area contributed by atoms with Crippen molar-refractivity contribution >= 4 is 18.0 Å². The fourth-order valence-electron chi connectivity index (χ4n) is 1.17. The Morgan fingerprint density at radius 2 is 2.29 bits per heavy atom. The summed E-state index contributed by atoms with van der Waals surface area (Å²) in [6.45, 7) is 4.26. The highest BCUT2D eigenvalue weighted by Gasteiger charge is 2.33. The van der Waals surface area contributed by atoms with Crippen LogP contribution in [0.15, 0.2) is 12.7 Å². The number of cyclic esters (lactones) is 1. The maximum Gasteiger partial charge on any atom is 0.413 e. The van der Waals surface area contributed by atoms with Crippen LogP contribution in [-0.4, -0.2) is 48.9 Å². The molecule has 1 aliphatic heterocycles. The summed E-state index contributed by atoms with van der Waals surface area (Å²) in [6, 6.07) is 0. The van der Waals surface area contributed by atoms with E-state index in [2.05, 4.69) is 16.1 Å². The third-order valence-corrected chi connectivity index (χ3v) is 1.95. The minimum Gasteiger partial charge on any atom is -0.459 e. The Morgan fingerprint density at radius 3 is 2.82 bits per heavy atom. The molecule has 0 aliphatic carbocycles. The highest BCUT2D eigenvalue weighted by atomic mass is 16.6. The molecule has 1 heterocycles. The monoisotopic (exact) mass is 243 g/mol. The van der Waals surface area contributed by atoms with Gasteiger partial charge >= 0.3 is 18.0 Å². The van der Waals surface area contributed by atoms with E-state index in [-0.39, 0.29) is 13.2 Å². The van der Waals surface area contributed by atoms with Gasteiger partial charge < -0.3 is 14.2 Å². The second kappa shape index (κ2) is 5.88. The van der Waals surface area contributed by atoms with Crippen molar-refractivity contribution in [3.05, 3.63) is 12.7 Å². The lowest BCUT2D eigenvalue weighted by molar-refractivity contribution is -0.146. The van der Waals surface area contributed by atoms with Crippen molar-refractivity contribution < 1.29 is 28.6 Å². The Morgan fingerprint density at radius 1 is 1.59 bits per heavy atom. The van der Waals surface area contributed by atoms with Gasteiger partial charge in [-0.2, -0.15) is 0 Å². The molecule has 1 amide bonds. The first kappa shape index (κ1) is 13.0. The molecule has 17 heavy (non-hydrogen) atoms. The van der Waals surface area contributed by atoms with Gasteiger partial charge in [-0.15, -0.1) is 0 Å². The van der Waals surface area contributed by atoms with Crippen molar-refractivity contribution in [1.82, 2.24) is 4.90 Å². The predicted molar refractivity (Wildman–Crippen MR) is 54.8 cm³/mol. The summed E-state index contributed by atoms with van der Waals surface area (Å²) >= 11 is 0. The number of hydrogen-bond donors (Lipinski definition) is 0. The first-order valence-corrected chi connectivity index (χ1v) is 4.94. The van der Waals surface area contributed by atoms with Gasteiger partial charge in [0.15, 0.2) is 12.8 Å². The number of carbonyl (C=O) groups excluding carboxylic acids is 3. The molecule has 1 atom stereocenters. The number of hydrogen-bond acceptors (Lipinski definition) is 6. The van der Waals surface area contributed by atoms with Crippen LogP contribution in [0.5, 0.6) is 0 Å². The molecule has 1 fully saturated rings. The summed E-state index contributed by atoms with van der Waals surface area (Å²) in [5, 5.41) is 0. The fraction of sp³-hybridized carbons (Fsp3) is 0.500. The summed E-state index contributed by atoms with van der Waals surface area (Å²) < 4.78 is 14.0. The average molecular weight is 243 g/mol. The van der Waals surface area contributed by atoms with Crippen LogP contribution in [0.3, 0.4) is 0 Å². The Hall–Kier alpha value is -2.05. The van der Waals surface area contributed by atoms with E-state index < -0.39 is 30.9 Å². The van der Waals surface area contributed by atoms with Crippen LogP contribution in [0.25, 0.3) is 0 Å². The third kappa shape index (κ3) is 3.78. The maximum absolute atomic E-state index is 11.4. The zero-order valence-corrected chi connectivity index (χ0v) is 9.38. The zero-order valence-electron chi connectivity index (χ0n) is 9.38. The van der Waals surface area contributed by atoms with Gasteiger partial charge in [0.05, 0.1) is 0 Å². The van der Waals surface area contributed by atoms with Crippen LogP contribution in [0.4, 0.5) is 4.79 Å².